The molecule has 0 aliphatic rings. The Labute approximate surface area is 94.6 Å². The minimum atomic E-state index is 0.270. The Bertz CT molecular complexity index is 479. The van der Waals surface area contributed by atoms with E-state index in [1.807, 2.05) is 25.1 Å². The third-order valence-corrected chi connectivity index (χ3v) is 2.33. The fourth-order valence-corrected chi connectivity index (χ4v) is 1.71. The second-order valence-electron chi connectivity index (χ2n) is 3.92. The van der Waals surface area contributed by atoms with Crippen LogP contribution in [0.3, 0.4) is 0 Å². The zero-order valence-corrected chi connectivity index (χ0v) is 9.78. The van der Waals surface area contributed by atoms with E-state index in [0.717, 1.165) is 16.8 Å². The number of hydrogen-bond acceptors (Lipinski definition) is 4. The maximum Gasteiger partial charge on any atom is 0.192 e. The van der Waals surface area contributed by atoms with Gasteiger partial charge in [0.1, 0.15) is 5.52 Å². The first-order valence-corrected chi connectivity index (χ1v) is 5.31. The summed E-state index contributed by atoms with van der Waals surface area (Å²) in [7, 11) is 1.70. The Kier molecular flexibility index (Phi) is 3.10. The van der Waals surface area contributed by atoms with Crippen LogP contribution in [0.2, 0.25) is 0 Å². The minimum Gasteiger partial charge on any atom is -0.441 e. The van der Waals surface area contributed by atoms with Crippen LogP contribution in [0.4, 0.5) is 5.69 Å². The number of aryl methyl sites for hydroxylation is 1. The molecule has 16 heavy (non-hydrogen) atoms. The van der Waals surface area contributed by atoms with Crippen molar-refractivity contribution < 1.29 is 9.15 Å². The number of anilines is 1. The van der Waals surface area contributed by atoms with Gasteiger partial charge in [-0.2, -0.15) is 0 Å². The highest BCUT2D eigenvalue weighted by Gasteiger charge is 2.05. The molecule has 0 aliphatic heterocycles. The number of nitrogens with zero attached hydrogens (tertiary/aromatic N) is 1. The molecule has 1 heterocycles. The van der Waals surface area contributed by atoms with E-state index in [4.69, 9.17) is 9.15 Å². The Morgan fingerprint density at radius 1 is 1.50 bits per heavy atom. The van der Waals surface area contributed by atoms with Crippen LogP contribution >= 0.6 is 0 Å². The third kappa shape index (κ3) is 2.33. The summed E-state index contributed by atoms with van der Waals surface area (Å²) < 4.78 is 10.5. The molecule has 4 heteroatoms. The molecule has 1 aromatic heterocycles. The van der Waals surface area contributed by atoms with E-state index in [2.05, 4.69) is 17.2 Å². The van der Waals surface area contributed by atoms with E-state index in [0.29, 0.717) is 12.5 Å². The molecule has 0 saturated carbocycles. The molecule has 86 valence electrons. The lowest BCUT2D eigenvalue weighted by atomic mass is 10.2. The molecule has 2 rings (SSSR count). The first kappa shape index (κ1) is 11.0. The van der Waals surface area contributed by atoms with Gasteiger partial charge in [0.15, 0.2) is 11.5 Å². The maximum atomic E-state index is 5.47. The summed E-state index contributed by atoms with van der Waals surface area (Å²) in [4.78, 5) is 4.25. The van der Waals surface area contributed by atoms with E-state index >= 15 is 0 Å². The van der Waals surface area contributed by atoms with Gasteiger partial charge in [0.25, 0.3) is 0 Å². The highest BCUT2D eigenvalue weighted by atomic mass is 16.5. The second kappa shape index (κ2) is 4.53. The van der Waals surface area contributed by atoms with Crippen molar-refractivity contribution >= 4 is 16.8 Å². The lowest BCUT2D eigenvalue weighted by molar-refractivity contribution is 0.190. The first-order valence-electron chi connectivity index (χ1n) is 5.31. The van der Waals surface area contributed by atoms with Crippen molar-refractivity contribution in [3.63, 3.8) is 0 Å². The Morgan fingerprint density at radius 3 is 3.06 bits per heavy atom. The first-order chi connectivity index (χ1) is 7.69. The predicted octanol–water partition coefficient (Wildman–Crippen LogP) is 2.58. The number of benzene rings is 1. The van der Waals surface area contributed by atoms with Gasteiger partial charge < -0.3 is 14.5 Å². The van der Waals surface area contributed by atoms with Gasteiger partial charge in [-0.3, -0.25) is 0 Å². The van der Waals surface area contributed by atoms with Gasteiger partial charge >= 0.3 is 0 Å². The Morgan fingerprint density at radius 2 is 2.31 bits per heavy atom. The maximum absolute atomic E-state index is 5.47. The summed E-state index contributed by atoms with van der Waals surface area (Å²) in [5.41, 5.74) is 2.72. The SMILES string of the molecule is COCC(C)Nc1ccc2nc(C)oc2c1. The topological polar surface area (TPSA) is 47.3 Å². The molecule has 1 N–H and O–H groups in total. The van der Waals surface area contributed by atoms with Crippen LogP contribution in [0, 0.1) is 6.92 Å². The molecule has 1 unspecified atom stereocenters. The summed E-state index contributed by atoms with van der Waals surface area (Å²) in [6.45, 7) is 4.59. The second-order valence-corrected chi connectivity index (χ2v) is 3.92. The van der Waals surface area contributed by atoms with Crippen molar-refractivity contribution in [2.45, 2.75) is 19.9 Å². The van der Waals surface area contributed by atoms with Crippen molar-refractivity contribution in [3.05, 3.63) is 24.1 Å². The van der Waals surface area contributed by atoms with Gasteiger partial charge in [-0.1, -0.05) is 0 Å². The van der Waals surface area contributed by atoms with Crippen LogP contribution in [-0.4, -0.2) is 24.7 Å². The van der Waals surface area contributed by atoms with Gasteiger partial charge in [-0.15, -0.1) is 0 Å². The molecular formula is C12H16N2O2. The van der Waals surface area contributed by atoms with Crippen molar-refractivity contribution in [3.8, 4) is 0 Å². The zero-order valence-electron chi connectivity index (χ0n) is 9.78. The van der Waals surface area contributed by atoms with E-state index < -0.39 is 0 Å². The Hall–Kier alpha value is -1.55. The third-order valence-electron chi connectivity index (χ3n) is 2.33. The average molecular weight is 220 g/mol. The smallest absolute Gasteiger partial charge is 0.192 e. The lowest BCUT2D eigenvalue weighted by Crippen LogP contribution is -2.20. The zero-order chi connectivity index (χ0) is 11.5. The Balaban J connectivity index is 2.18. The molecule has 0 radical (unpaired) electrons. The molecule has 4 nitrogen and oxygen atoms in total. The minimum absolute atomic E-state index is 0.270. The standard InChI is InChI=1S/C12H16N2O2/c1-8(7-15-3)13-10-4-5-11-12(6-10)16-9(2)14-11/h4-6,8,13H,7H2,1-3H3. The largest absolute Gasteiger partial charge is 0.441 e. The number of aromatic nitrogens is 1. The van der Waals surface area contributed by atoms with Crippen molar-refractivity contribution in [1.29, 1.82) is 0 Å². The molecular weight excluding hydrogens is 204 g/mol. The molecule has 1 atom stereocenters. The summed E-state index contributed by atoms with van der Waals surface area (Å²) in [5, 5.41) is 3.33. The van der Waals surface area contributed by atoms with Crippen LogP contribution in [-0.2, 0) is 4.74 Å². The molecule has 0 saturated heterocycles. The number of hydrogen-bond donors (Lipinski definition) is 1. The number of fused-ring (bicyclic) bond motifs is 1. The average Bonchev–Trinajstić information content (AvgIpc) is 2.57. The van der Waals surface area contributed by atoms with E-state index in [9.17, 15) is 0 Å². The van der Waals surface area contributed by atoms with Crippen molar-refractivity contribution in [2.24, 2.45) is 0 Å². The van der Waals surface area contributed by atoms with Crippen molar-refractivity contribution in [1.82, 2.24) is 4.98 Å². The van der Waals surface area contributed by atoms with Crippen molar-refractivity contribution in [2.75, 3.05) is 19.0 Å². The fourth-order valence-electron chi connectivity index (χ4n) is 1.71. The quantitative estimate of drug-likeness (QED) is 0.860. The van der Waals surface area contributed by atoms with Crippen LogP contribution in [0.1, 0.15) is 12.8 Å². The molecule has 0 amide bonds. The van der Waals surface area contributed by atoms with Crippen LogP contribution in [0.25, 0.3) is 11.1 Å². The van der Waals surface area contributed by atoms with Crippen LogP contribution < -0.4 is 5.32 Å². The summed E-state index contributed by atoms with van der Waals surface area (Å²) in [6, 6.07) is 6.18. The van der Waals surface area contributed by atoms with Crippen LogP contribution in [0.5, 0.6) is 0 Å². The highest BCUT2D eigenvalue weighted by molar-refractivity contribution is 5.77. The van der Waals surface area contributed by atoms with Gasteiger partial charge in [-0.25, -0.2) is 4.98 Å². The van der Waals surface area contributed by atoms with Gasteiger partial charge in [0.05, 0.1) is 6.61 Å². The predicted molar refractivity (Wildman–Crippen MR) is 63.7 cm³/mol. The fraction of sp³-hybridized carbons (Fsp3) is 0.417. The van der Waals surface area contributed by atoms with E-state index in [1.165, 1.54) is 0 Å². The van der Waals surface area contributed by atoms with Gasteiger partial charge in [0, 0.05) is 31.8 Å². The number of nitrogens with one attached hydrogen (secondary N) is 1. The number of oxazole rings is 1. The molecule has 2 aromatic rings. The highest BCUT2D eigenvalue weighted by Crippen LogP contribution is 2.20. The monoisotopic (exact) mass is 220 g/mol. The van der Waals surface area contributed by atoms with E-state index in [1.54, 1.807) is 7.11 Å². The number of ether oxygens (including phenoxy) is 1. The molecule has 0 aliphatic carbocycles. The lowest BCUT2D eigenvalue weighted by Gasteiger charge is -2.13. The van der Waals surface area contributed by atoms with Gasteiger partial charge in [-0.05, 0) is 19.1 Å². The molecule has 0 spiro atoms. The summed E-state index contributed by atoms with van der Waals surface area (Å²) >= 11 is 0. The van der Waals surface area contributed by atoms with E-state index in [-0.39, 0.29) is 6.04 Å². The molecule has 0 fully saturated rings. The summed E-state index contributed by atoms with van der Waals surface area (Å²) in [5.74, 6) is 0.692. The van der Waals surface area contributed by atoms with Crippen LogP contribution in [0.15, 0.2) is 22.6 Å². The number of methoxy groups -OCH3 is 1. The molecule has 1 aromatic carbocycles. The molecule has 0 bridgehead atoms. The normalized spacial score (nSPS) is 12.9. The number of rotatable bonds is 4. The summed E-state index contributed by atoms with van der Waals surface area (Å²) in [6.07, 6.45) is 0. The van der Waals surface area contributed by atoms with Gasteiger partial charge in [0.2, 0.25) is 0 Å².